The second-order valence-electron chi connectivity index (χ2n) is 7.65. The van der Waals surface area contributed by atoms with Gasteiger partial charge in [0.1, 0.15) is 5.82 Å². The summed E-state index contributed by atoms with van der Waals surface area (Å²) in [6.07, 6.45) is 6.04. The number of aryl methyl sites for hydroxylation is 2. The Hall–Kier alpha value is -4.53. The molecule has 0 aliphatic heterocycles. The molecule has 3 N–H and O–H groups in total. The number of H-pyrrole nitrogens is 1. The highest BCUT2D eigenvalue weighted by atomic mass is 16.2. The highest BCUT2D eigenvalue weighted by molar-refractivity contribution is 6.05. The van der Waals surface area contributed by atoms with Crippen molar-refractivity contribution in [1.82, 2.24) is 19.5 Å². The van der Waals surface area contributed by atoms with Crippen LogP contribution in [0.2, 0.25) is 0 Å². The average molecular weight is 457 g/mol. The van der Waals surface area contributed by atoms with Gasteiger partial charge < -0.3 is 20.2 Å². The maximum Gasteiger partial charge on any atom is 0.255 e. The van der Waals surface area contributed by atoms with Crippen molar-refractivity contribution in [2.24, 2.45) is 0 Å². The van der Waals surface area contributed by atoms with Gasteiger partial charge in [0, 0.05) is 59.6 Å². The van der Waals surface area contributed by atoms with Crippen molar-refractivity contribution in [3.05, 3.63) is 94.9 Å². The van der Waals surface area contributed by atoms with E-state index < -0.39 is 0 Å². The molecule has 4 aromatic rings. The summed E-state index contributed by atoms with van der Waals surface area (Å²) in [6.45, 7) is 2.45. The normalized spacial score (nSPS) is 10.6. The number of hydrogen-bond donors (Lipinski definition) is 3. The highest BCUT2D eigenvalue weighted by Crippen LogP contribution is 2.20. The van der Waals surface area contributed by atoms with Crippen LogP contribution in [0.4, 0.5) is 11.4 Å². The zero-order valence-electron chi connectivity index (χ0n) is 18.6. The number of nitrogens with one attached hydrogen (secondary N) is 3. The van der Waals surface area contributed by atoms with Crippen molar-refractivity contribution in [1.29, 1.82) is 0 Å². The monoisotopic (exact) mass is 456 g/mol. The summed E-state index contributed by atoms with van der Waals surface area (Å²) in [5.74, 6) is -0.0361. The van der Waals surface area contributed by atoms with E-state index in [-0.39, 0.29) is 23.8 Å². The summed E-state index contributed by atoms with van der Waals surface area (Å²) in [7, 11) is 0. The maximum absolute atomic E-state index is 12.8. The third-order valence-corrected chi connectivity index (χ3v) is 5.12. The fourth-order valence-corrected chi connectivity index (χ4v) is 3.38. The molecule has 2 aromatic carbocycles. The lowest BCUT2D eigenvalue weighted by Gasteiger charge is -2.10. The van der Waals surface area contributed by atoms with Crippen LogP contribution in [-0.2, 0) is 17.8 Å². The molecule has 0 unspecified atom stereocenters. The Balaban J connectivity index is 1.43. The number of aromatic nitrogens is 4. The lowest BCUT2D eigenvalue weighted by Crippen LogP contribution is -2.16. The van der Waals surface area contributed by atoms with Crippen molar-refractivity contribution in [3.8, 4) is 11.4 Å². The predicted octanol–water partition coefficient (Wildman–Crippen LogP) is 3.48. The van der Waals surface area contributed by atoms with Crippen LogP contribution < -0.4 is 16.2 Å². The zero-order chi connectivity index (χ0) is 23.9. The summed E-state index contributed by atoms with van der Waals surface area (Å²) in [6, 6.07) is 15.3. The van der Waals surface area contributed by atoms with Crippen LogP contribution in [0.25, 0.3) is 11.4 Å². The van der Waals surface area contributed by atoms with E-state index in [0.29, 0.717) is 47.0 Å². The number of carbonyl (C=O) groups is 2. The van der Waals surface area contributed by atoms with Crippen LogP contribution in [0.5, 0.6) is 0 Å². The van der Waals surface area contributed by atoms with Crippen LogP contribution in [0.1, 0.15) is 29.4 Å². The number of nitrogens with zero attached hydrogens (tertiary/aromatic N) is 3. The molecule has 2 aromatic heterocycles. The summed E-state index contributed by atoms with van der Waals surface area (Å²) in [4.78, 5) is 48.1. The molecule has 4 rings (SSSR count). The molecule has 9 nitrogen and oxygen atoms in total. The standard InChI is InChI=1S/C25H24N6O3/c1-2-19-15-23(33)30-24(28-19)17-5-3-8-21(13-17)29-25(34)18-6-4-7-20(14-18)27-22(32)9-11-31-12-10-26-16-31/h3-8,10,12-16H,2,9,11H2,1H3,(H,27,32)(H,29,34)(H,28,30,33). The van der Waals surface area contributed by atoms with Gasteiger partial charge in [-0.1, -0.05) is 25.1 Å². The number of rotatable bonds is 8. The molecular weight excluding hydrogens is 432 g/mol. The van der Waals surface area contributed by atoms with Crippen LogP contribution in [0.3, 0.4) is 0 Å². The molecule has 0 saturated carbocycles. The number of carbonyl (C=O) groups excluding carboxylic acids is 2. The quantitative estimate of drug-likeness (QED) is 0.375. The van der Waals surface area contributed by atoms with Gasteiger partial charge in [0.25, 0.3) is 11.5 Å². The number of hydrogen-bond acceptors (Lipinski definition) is 5. The second-order valence-corrected chi connectivity index (χ2v) is 7.65. The molecule has 0 atom stereocenters. The van der Waals surface area contributed by atoms with Gasteiger partial charge in [-0.2, -0.15) is 0 Å². The Morgan fingerprint density at radius 2 is 1.82 bits per heavy atom. The first-order valence-electron chi connectivity index (χ1n) is 10.9. The number of anilines is 2. The van der Waals surface area contributed by atoms with E-state index in [1.54, 1.807) is 61.2 Å². The maximum atomic E-state index is 12.8. The van der Waals surface area contributed by atoms with Crippen LogP contribution in [0.15, 0.2) is 78.1 Å². The summed E-state index contributed by atoms with van der Waals surface area (Å²) in [5, 5.41) is 5.67. The van der Waals surface area contributed by atoms with Gasteiger partial charge in [0.2, 0.25) is 5.91 Å². The SMILES string of the molecule is CCc1cc(=O)[nH]c(-c2cccc(NC(=O)c3cccc(NC(=O)CCn4ccnc4)c3)c2)n1. The molecule has 0 bridgehead atoms. The molecule has 2 amide bonds. The zero-order valence-corrected chi connectivity index (χ0v) is 18.6. The molecule has 0 aliphatic carbocycles. The smallest absolute Gasteiger partial charge is 0.255 e. The van der Waals surface area contributed by atoms with Crippen LogP contribution in [0, 0.1) is 0 Å². The van der Waals surface area contributed by atoms with Crippen molar-refractivity contribution in [2.75, 3.05) is 10.6 Å². The molecule has 0 saturated heterocycles. The minimum atomic E-state index is -0.324. The van der Waals surface area contributed by atoms with Gasteiger partial charge >= 0.3 is 0 Å². The Labute approximate surface area is 195 Å². The Bertz CT molecular complexity index is 1360. The van der Waals surface area contributed by atoms with Gasteiger partial charge in [-0.3, -0.25) is 14.4 Å². The van der Waals surface area contributed by atoms with Crippen molar-refractivity contribution in [2.45, 2.75) is 26.3 Å². The third kappa shape index (κ3) is 5.83. The predicted molar refractivity (Wildman–Crippen MR) is 130 cm³/mol. The van der Waals surface area contributed by atoms with E-state index in [1.807, 2.05) is 17.6 Å². The number of amides is 2. The minimum Gasteiger partial charge on any atom is -0.337 e. The Kier molecular flexibility index (Phi) is 6.92. The number of aromatic amines is 1. The first kappa shape index (κ1) is 22.7. The summed E-state index contributed by atoms with van der Waals surface area (Å²) in [5.41, 5.74) is 2.65. The fourth-order valence-electron chi connectivity index (χ4n) is 3.38. The van der Waals surface area contributed by atoms with E-state index in [1.165, 1.54) is 6.07 Å². The van der Waals surface area contributed by atoms with Gasteiger partial charge in [-0.05, 0) is 36.8 Å². The molecular formula is C25H24N6O3. The van der Waals surface area contributed by atoms with E-state index >= 15 is 0 Å². The summed E-state index contributed by atoms with van der Waals surface area (Å²) >= 11 is 0. The van der Waals surface area contributed by atoms with Gasteiger partial charge in [0.05, 0.1) is 6.33 Å². The number of imidazole rings is 1. The molecule has 0 radical (unpaired) electrons. The lowest BCUT2D eigenvalue weighted by atomic mass is 10.1. The highest BCUT2D eigenvalue weighted by Gasteiger charge is 2.10. The lowest BCUT2D eigenvalue weighted by molar-refractivity contribution is -0.116. The van der Waals surface area contributed by atoms with Gasteiger partial charge in [-0.25, -0.2) is 9.97 Å². The molecule has 172 valence electrons. The topological polar surface area (TPSA) is 122 Å². The van der Waals surface area contributed by atoms with Crippen molar-refractivity contribution < 1.29 is 9.59 Å². The molecule has 9 heteroatoms. The minimum absolute atomic E-state index is 0.158. The van der Waals surface area contributed by atoms with Gasteiger partial charge in [0.15, 0.2) is 0 Å². The van der Waals surface area contributed by atoms with Crippen LogP contribution in [-0.4, -0.2) is 31.3 Å². The van der Waals surface area contributed by atoms with Crippen molar-refractivity contribution >= 4 is 23.2 Å². The first-order valence-corrected chi connectivity index (χ1v) is 10.9. The molecule has 2 heterocycles. The average Bonchev–Trinajstić information content (AvgIpc) is 3.36. The second kappa shape index (κ2) is 10.4. The van der Waals surface area contributed by atoms with E-state index in [9.17, 15) is 14.4 Å². The Morgan fingerprint density at radius 3 is 2.59 bits per heavy atom. The number of benzene rings is 2. The van der Waals surface area contributed by atoms with Crippen LogP contribution >= 0.6 is 0 Å². The molecule has 34 heavy (non-hydrogen) atoms. The van der Waals surface area contributed by atoms with E-state index in [2.05, 4.69) is 25.6 Å². The molecule has 0 aliphatic rings. The Morgan fingerprint density at radius 1 is 1.03 bits per heavy atom. The molecule has 0 fully saturated rings. The van der Waals surface area contributed by atoms with Gasteiger partial charge in [-0.15, -0.1) is 0 Å². The first-order chi connectivity index (χ1) is 16.5. The summed E-state index contributed by atoms with van der Waals surface area (Å²) < 4.78 is 1.82. The van der Waals surface area contributed by atoms with E-state index in [0.717, 1.165) is 0 Å². The fraction of sp³-hybridized carbons (Fsp3) is 0.160. The molecule has 0 spiro atoms. The third-order valence-electron chi connectivity index (χ3n) is 5.12. The largest absolute Gasteiger partial charge is 0.337 e. The van der Waals surface area contributed by atoms with Crippen molar-refractivity contribution in [3.63, 3.8) is 0 Å². The van der Waals surface area contributed by atoms with E-state index in [4.69, 9.17) is 0 Å².